The number of benzene rings is 3. The normalized spacial score (nSPS) is 14.1. The zero-order valence-corrected chi connectivity index (χ0v) is 20.3. The second-order valence-electron chi connectivity index (χ2n) is 8.52. The van der Waals surface area contributed by atoms with Crippen LogP contribution in [0.5, 0.6) is 5.75 Å². The Labute approximate surface area is 201 Å². The number of nitrogens with one attached hydrogen (secondary N) is 1. The lowest BCUT2D eigenvalue weighted by atomic mass is 9.89. The number of nitrogens with zero attached hydrogens (tertiary/aromatic N) is 1. The Hall–Kier alpha value is -3.32. The molecule has 3 aromatic rings. The summed E-state index contributed by atoms with van der Waals surface area (Å²) in [4.78, 5) is 13.2. The van der Waals surface area contributed by atoms with Crippen LogP contribution in [0, 0.1) is 0 Å². The minimum absolute atomic E-state index is 0.108. The summed E-state index contributed by atoms with van der Waals surface area (Å²) in [7, 11) is -2.53. The van der Waals surface area contributed by atoms with Crippen molar-refractivity contribution in [2.24, 2.45) is 0 Å². The number of sulfonamides is 1. The van der Waals surface area contributed by atoms with Gasteiger partial charge in [0.15, 0.2) is 0 Å². The summed E-state index contributed by atoms with van der Waals surface area (Å²) in [5.74, 6) is -0.0202. The first-order chi connectivity index (χ1) is 16.4. The van der Waals surface area contributed by atoms with Crippen molar-refractivity contribution in [2.75, 3.05) is 18.0 Å². The lowest BCUT2D eigenvalue weighted by Crippen LogP contribution is -2.41. The molecule has 1 N–H and O–H groups in total. The molecule has 7 heteroatoms. The maximum absolute atomic E-state index is 13.5. The van der Waals surface area contributed by atoms with Crippen LogP contribution < -0.4 is 14.4 Å². The molecule has 0 aromatic heterocycles. The van der Waals surface area contributed by atoms with Crippen LogP contribution in [0.4, 0.5) is 5.69 Å². The van der Waals surface area contributed by atoms with E-state index in [1.165, 1.54) is 43.2 Å². The van der Waals surface area contributed by atoms with Crippen molar-refractivity contribution in [3.05, 3.63) is 89.5 Å². The summed E-state index contributed by atoms with van der Waals surface area (Å²) in [5.41, 5.74) is 4.05. The molecule has 0 saturated heterocycles. The molecule has 0 unspecified atom stereocenters. The molecule has 178 valence electrons. The Morgan fingerprint density at radius 1 is 0.971 bits per heavy atom. The van der Waals surface area contributed by atoms with Gasteiger partial charge in [-0.1, -0.05) is 48.5 Å². The molecule has 6 nitrogen and oxygen atoms in total. The lowest BCUT2D eigenvalue weighted by Gasteiger charge is -2.26. The smallest absolute Gasteiger partial charge is 0.264 e. The summed E-state index contributed by atoms with van der Waals surface area (Å²) >= 11 is 0. The van der Waals surface area contributed by atoms with Crippen LogP contribution in [0.1, 0.15) is 42.5 Å². The van der Waals surface area contributed by atoms with E-state index in [-0.39, 0.29) is 17.5 Å². The van der Waals surface area contributed by atoms with Crippen molar-refractivity contribution in [1.29, 1.82) is 0 Å². The molecule has 1 aliphatic carbocycles. The van der Waals surface area contributed by atoms with Crippen molar-refractivity contribution in [3.63, 3.8) is 0 Å². The molecule has 0 heterocycles. The molecular weight excluding hydrogens is 448 g/mol. The predicted molar refractivity (Wildman–Crippen MR) is 134 cm³/mol. The average Bonchev–Trinajstić information content (AvgIpc) is 2.87. The second-order valence-corrected chi connectivity index (χ2v) is 10.4. The Balaban J connectivity index is 1.59. The van der Waals surface area contributed by atoms with Crippen LogP contribution in [0.2, 0.25) is 0 Å². The SMILES string of the molecule is COc1ccccc1N(CC(=O)N[C@H](C)c1ccc2c(c1)CCCC2)S(=O)(=O)c1ccccc1. The van der Waals surface area contributed by atoms with Gasteiger partial charge in [0.05, 0.1) is 23.7 Å². The van der Waals surface area contributed by atoms with Gasteiger partial charge in [-0.25, -0.2) is 8.42 Å². The third-order valence-corrected chi connectivity index (χ3v) is 8.00. The van der Waals surface area contributed by atoms with Gasteiger partial charge in [0.1, 0.15) is 12.3 Å². The monoisotopic (exact) mass is 478 g/mol. The summed E-state index contributed by atoms with van der Waals surface area (Å²) in [6, 6.07) is 21.0. The van der Waals surface area contributed by atoms with E-state index in [9.17, 15) is 13.2 Å². The molecule has 0 saturated carbocycles. The number of ether oxygens (including phenoxy) is 1. The number of aryl methyl sites for hydroxylation is 2. The molecule has 0 radical (unpaired) electrons. The molecule has 0 bridgehead atoms. The van der Waals surface area contributed by atoms with Crippen molar-refractivity contribution >= 4 is 21.6 Å². The largest absolute Gasteiger partial charge is 0.495 e. The van der Waals surface area contributed by atoms with Crippen LogP contribution >= 0.6 is 0 Å². The number of hydrogen-bond acceptors (Lipinski definition) is 4. The fraction of sp³-hybridized carbons (Fsp3) is 0.296. The van der Waals surface area contributed by atoms with E-state index in [2.05, 4.69) is 17.4 Å². The Bertz CT molecular complexity index is 1260. The molecular formula is C27H30N2O4S. The summed E-state index contributed by atoms with van der Waals surface area (Å²) < 4.78 is 33.6. The van der Waals surface area contributed by atoms with Gasteiger partial charge < -0.3 is 10.1 Å². The number of anilines is 1. The molecule has 1 amide bonds. The van der Waals surface area contributed by atoms with Crippen LogP contribution in [0.3, 0.4) is 0 Å². The van der Waals surface area contributed by atoms with Crippen LogP contribution in [-0.2, 0) is 27.7 Å². The Morgan fingerprint density at radius 3 is 2.38 bits per heavy atom. The van der Waals surface area contributed by atoms with Crippen molar-refractivity contribution < 1.29 is 17.9 Å². The molecule has 4 rings (SSSR count). The summed E-state index contributed by atoms with van der Waals surface area (Å²) in [6.07, 6.45) is 4.55. The fourth-order valence-electron chi connectivity index (χ4n) is 4.38. The van der Waals surface area contributed by atoms with E-state index in [1.54, 1.807) is 42.5 Å². The van der Waals surface area contributed by atoms with E-state index in [0.29, 0.717) is 11.4 Å². The maximum atomic E-state index is 13.5. The highest BCUT2D eigenvalue weighted by atomic mass is 32.2. The van der Waals surface area contributed by atoms with Crippen molar-refractivity contribution in [1.82, 2.24) is 5.32 Å². The quantitative estimate of drug-likeness (QED) is 0.512. The number of para-hydroxylation sites is 2. The van der Waals surface area contributed by atoms with Crippen LogP contribution in [-0.4, -0.2) is 28.0 Å². The van der Waals surface area contributed by atoms with Gasteiger partial charge >= 0.3 is 0 Å². The van der Waals surface area contributed by atoms with Crippen LogP contribution in [0.15, 0.2) is 77.7 Å². The maximum Gasteiger partial charge on any atom is 0.264 e. The molecule has 3 aromatic carbocycles. The molecule has 1 aliphatic rings. The zero-order valence-electron chi connectivity index (χ0n) is 19.5. The van der Waals surface area contributed by atoms with Crippen molar-refractivity contribution in [3.8, 4) is 5.75 Å². The predicted octanol–water partition coefficient (Wildman–Crippen LogP) is 4.65. The standard InChI is InChI=1S/C27H30N2O4S/c1-20(22-17-16-21-10-6-7-11-23(21)18-22)28-27(30)19-29(25-14-8-9-15-26(25)33-2)34(31,32)24-12-4-3-5-13-24/h3-5,8-9,12-18,20H,6-7,10-11,19H2,1-2H3,(H,28,30)/t20-/m1/s1. The van der Waals surface area contributed by atoms with E-state index >= 15 is 0 Å². The summed E-state index contributed by atoms with van der Waals surface area (Å²) in [5, 5.41) is 2.98. The molecule has 1 atom stereocenters. The van der Waals surface area contributed by atoms with Gasteiger partial charge in [-0.2, -0.15) is 0 Å². The molecule has 0 aliphatic heterocycles. The molecule has 0 fully saturated rings. The first kappa shape index (κ1) is 23.8. The van der Waals surface area contributed by atoms with Gasteiger partial charge in [0, 0.05) is 0 Å². The van der Waals surface area contributed by atoms with Gasteiger partial charge in [0.2, 0.25) is 5.91 Å². The lowest BCUT2D eigenvalue weighted by molar-refractivity contribution is -0.120. The van der Waals surface area contributed by atoms with Gasteiger partial charge in [0.25, 0.3) is 10.0 Å². The summed E-state index contributed by atoms with van der Waals surface area (Å²) in [6.45, 7) is 1.55. The topological polar surface area (TPSA) is 75.7 Å². The molecule has 34 heavy (non-hydrogen) atoms. The average molecular weight is 479 g/mol. The number of carbonyl (C=O) groups excluding carboxylic acids is 1. The number of methoxy groups -OCH3 is 1. The van der Waals surface area contributed by atoms with Gasteiger partial charge in [-0.3, -0.25) is 9.10 Å². The van der Waals surface area contributed by atoms with Crippen molar-refractivity contribution in [2.45, 2.75) is 43.5 Å². The first-order valence-corrected chi connectivity index (χ1v) is 13.0. The van der Waals surface area contributed by atoms with Gasteiger partial charge in [-0.05, 0) is 73.6 Å². The highest BCUT2D eigenvalue weighted by Gasteiger charge is 2.29. The van der Waals surface area contributed by atoms with Crippen LogP contribution in [0.25, 0.3) is 0 Å². The highest BCUT2D eigenvalue weighted by molar-refractivity contribution is 7.92. The third kappa shape index (κ3) is 5.09. The zero-order chi connectivity index (χ0) is 24.1. The minimum Gasteiger partial charge on any atom is -0.495 e. The highest BCUT2D eigenvalue weighted by Crippen LogP contribution is 2.32. The number of fused-ring (bicyclic) bond motifs is 1. The van der Waals surface area contributed by atoms with Gasteiger partial charge in [-0.15, -0.1) is 0 Å². The third-order valence-electron chi connectivity index (χ3n) is 6.22. The fourth-order valence-corrected chi connectivity index (χ4v) is 5.83. The van der Waals surface area contributed by atoms with E-state index < -0.39 is 15.9 Å². The second kappa shape index (κ2) is 10.3. The Morgan fingerprint density at radius 2 is 1.65 bits per heavy atom. The Kier molecular flexibility index (Phi) is 7.22. The number of carbonyl (C=O) groups is 1. The first-order valence-electron chi connectivity index (χ1n) is 11.5. The van der Waals surface area contributed by atoms with E-state index in [0.717, 1.165) is 22.7 Å². The minimum atomic E-state index is -4.00. The number of amides is 1. The van der Waals surface area contributed by atoms with E-state index in [4.69, 9.17) is 4.74 Å². The van der Waals surface area contributed by atoms with E-state index in [1.807, 2.05) is 13.0 Å². The number of rotatable bonds is 8. The molecule has 0 spiro atoms. The number of hydrogen-bond donors (Lipinski definition) is 1.